The first kappa shape index (κ1) is 11.6. The number of hydrogen-bond donors (Lipinski definition) is 1. The zero-order chi connectivity index (χ0) is 11.8. The maximum atomic E-state index is 11.7. The first-order valence-corrected chi connectivity index (χ1v) is 6.33. The fourth-order valence-electron chi connectivity index (χ4n) is 1.52. The van der Waals surface area contributed by atoms with Crippen molar-refractivity contribution >= 4 is 17.3 Å². The highest BCUT2D eigenvalue weighted by Crippen LogP contribution is 2.32. The van der Waals surface area contributed by atoms with Crippen LogP contribution in [0.25, 0.3) is 0 Å². The molecule has 1 aromatic rings. The first-order chi connectivity index (χ1) is 7.47. The van der Waals surface area contributed by atoms with Crippen molar-refractivity contribution in [1.82, 2.24) is 5.32 Å². The molecule has 1 aliphatic rings. The highest BCUT2D eigenvalue weighted by atomic mass is 32.1. The van der Waals surface area contributed by atoms with E-state index in [-0.39, 0.29) is 5.97 Å². The van der Waals surface area contributed by atoms with Crippen molar-refractivity contribution in [1.29, 1.82) is 0 Å². The summed E-state index contributed by atoms with van der Waals surface area (Å²) in [5.74, 6) is -0.168. The van der Waals surface area contributed by atoms with E-state index in [2.05, 4.69) is 5.32 Å². The van der Waals surface area contributed by atoms with Crippen LogP contribution in [0.5, 0.6) is 5.06 Å². The third-order valence-corrected chi connectivity index (χ3v) is 3.64. The lowest BCUT2D eigenvalue weighted by atomic mass is 9.97. The van der Waals surface area contributed by atoms with Gasteiger partial charge in [-0.3, -0.25) is 4.79 Å². The molecule has 0 atom stereocenters. The van der Waals surface area contributed by atoms with Gasteiger partial charge in [-0.2, -0.15) is 0 Å². The Balaban J connectivity index is 2.11. The lowest BCUT2D eigenvalue weighted by Crippen LogP contribution is -2.25. The maximum absolute atomic E-state index is 11.7. The van der Waals surface area contributed by atoms with E-state index in [0.29, 0.717) is 0 Å². The van der Waals surface area contributed by atoms with E-state index in [9.17, 15) is 4.79 Å². The molecule has 0 spiro atoms. The molecule has 2 rings (SSSR count). The van der Waals surface area contributed by atoms with Crippen LogP contribution in [0, 0.1) is 5.41 Å². The van der Waals surface area contributed by atoms with Crippen LogP contribution in [0.1, 0.15) is 31.2 Å². The molecule has 1 aliphatic heterocycles. The molecular formula is C12H17NO2S. The van der Waals surface area contributed by atoms with Gasteiger partial charge in [0.2, 0.25) is 0 Å². The van der Waals surface area contributed by atoms with Gasteiger partial charge in [0.15, 0.2) is 5.06 Å². The Morgan fingerprint density at radius 1 is 1.50 bits per heavy atom. The summed E-state index contributed by atoms with van der Waals surface area (Å²) in [6, 6.07) is 1.98. The molecule has 0 bridgehead atoms. The Kier molecular flexibility index (Phi) is 3.04. The lowest BCUT2D eigenvalue weighted by Gasteiger charge is -2.14. The van der Waals surface area contributed by atoms with Gasteiger partial charge in [0.25, 0.3) is 0 Å². The minimum atomic E-state index is -0.442. The van der Waals surface area contributed by atoms with Crippen molar-refractivity contribution in [3.8, 4) is 5.06 Å². The number of rotatable bonds is 1. The molecule has 0 fully saturated rings. The Morgan fingerprint density at radius 2 is 2.25 bits per heavy atom. The molecule has 2 heterocycles. The maximum Gasteiger partial charge on any atom is 0.317 e. The van der Waals surface area contributed by atoms with Gasteiger partial charge in [-0.25, -0.2) is 0 Å². The van der Waals surface area contributed by atoms with Crippen LogP contribution in [0.15, 0.2) is 6.07 Å². The predicted octanol–water partition coefficient (Wildman–Crippen LogP) is 2.35. The van der Waals surface area contributed by atoms with E-state index in [1.54, 1.807) is 11.3 Å². The summed E-state index contributed by atoms with van der Waals surface area (Å²) in [7, 11) is 0. The van der Waals surface area contributed by atoms with Crippen molar-refractivity contribution in [2.24, 2.45) is 5.41 Å². The van der Waals surface area contributed by atoms with Gasteiger partial charge in [-0.1, -0.05) is 0 Å². The van der Waals surface area contributed by atoms with Gasteiger partial charge in [0, 0.05) is 18.0 Å². The molecule has 0 aliphatic carbocycles. The van der Waals surface area contributed by atoms with Crippen LogP contribution < -0.4 is 10.1 Å². The Labute approximate surface area is 99.8 Å². The van der Waals surface area contributed by atoms with Crippen LogP contribution in [0.2, 0.25) is 0 Å². The monoisotopic (exact) mass is 239 g/mol. The fourth-order valence-corrected chi connectivity index (χ4v) is 2.55. The van der Waals surface area contributed by atoms with Crippen LogP contribution in [-0.2, 0) is 17.8 Å². The molecule has 0 aromatic carbocycles. The van der Waals surface area contributed by atoms with Gasteiger partial charge in [0.1, 0.15) is 0 Å². The van der Waals surface area contributed by atoms with Crippen LogP contribution in [0.4, 0.5) is 0 Å². The van der Waals surface area contributed by atoms with Crippen molar-refractivity contribution in [3.05, 3.63) is 16.5 Å². The summed E-state index contributed by atoms with van der Waals surface area (Å²) >= 11 is 1.60. The third kappa shape index (κ3) is 2.44. The molecule has 0 radical (unpaired) electrons. The molecule has 1 aromatic heterocycles. The van der Waals surface area contributed by atoms with Crippen molar-refractivity contribution in [2.45, 2.75) is 33.7 Å². The Bertz CT molecular complexity index is 380. The number of esters is 1. The molecule has 0 unspecified atom stereocenters. The van der Waals surface area contributed by atoms with E-state index >= 15 is 0 Å². The number of nitrogens with one attached hydrogen (secondary N) is 1. The second-order valence-corrected chi connectivity index (χ2v) is 6.18. The largest absolute Gasteiger partial charge is 0.415 e. The summed E-state index contributed by atoms with van der Waals surface area (Å²) < 4.78 is 5.38. The number of hydrogen-bond acceptors (Lipinski definition) is 4. The average molecular weight is 239 g/mol. The van der Waals surface area contributed by atoms with Gasteiger partial charge in [-0.05, 0) is 38.8 Å². The number of fused-ring (bicyclic) bond motifs is 1. The molecular weight excluding hydrogens is 222 g/mol. The SMILES string of the molecule is CC(C)(C)C(=O)Oc1cc2c(s1)CCNC2. The van der Waals surface area contributed by atoms with Crippen molar-refractivity contribution < 1.29 is 9.53 Å². The molecule has 88 valence electrons. The van der Waals surface area contributed by atoms with Gasteiger partial charge >= 0.3 is 5.97 Å². The second-order valence-electron chi connectivity index (χ2n) is 5.08. The fraction of sp³-hybridized carbons (Fsp3) is 0.583. The molecule has 3 nitrogen and oxygen atoms in total. The van der Waals surface area contributed by atoms with E-state index in [1.807, 2.05) is 26.8 Å². The number of carbonyl (C=O) groups excluding carboxylic acids is 1. The number of carbonyl (C=O) groups is 1. The molecule has 0 saturated carbocycles. The second kappa shape index (κ2) is 4.18. The summed E-state index contributed by atoms with van der Waals surface area (Å²) in [5, 5.41) is 4.03. The highest BCUT2D eigenvalue weighted by molar-refractivity contribution is 7.14. The smallest absolute Gasteiger partial charge is 0.317 e. The van der Waals surface area contributed by atoms with Gasteiger partial charge in [0.05, 0.1) is 5.41 Å². The normalized spacial score (nSPS) is 15.7. The van der Waals surface area contributed by atoms with Gasteiger partial charge < -0.3 is 10.1 Å². The van der Waals surface area contributed by atoms with Crippen LogP contribution in [-0.4, -0.2) is 12.5 Å². The zero-order valence-electron chi connectivity index (χ0n) is 9.92. The lowest BCUT2D eigenvalue weighted by molar-refractivity contribution is -0.142. The van der Waals surface area contributed by atoms with E-state index < -0.39 is 5.41 Å². The molecule has 4 heteroatoms. The Morgan fingerprint density at radius 3 is 2.88 bits per heavy atom. The minimum absolute atomic E-state index is 0.168. The predicted molar refractivity (Wildman–Crippen MR) is 64.8 cm³/mol. The van der Waals surface area contributed by atoms with Crippen LogP contribution in [0.3, 0.4) is 0 Å². The average Bonchev–Trinajstić information content (AvgIpc) is 2.58. The van der Waals surface area contributed by atoms with Crippen molar-refractivity contribution in [2.75, 3.05) is 6.54 Å². The van der Waals surface area contributed by atoms with E-state index in [0.717, 1.165) is 24.6 Å². The quantitative estimate of drug-likeness (QED) is 0.764. The van der Waals surface area contributed by atoms with Crippen molar-refractivity contribution in [3.63, 3.8) is 0 Å². The highest BCUT2D eigenvalue weighted by Gasteiger charge is 2.25. The number of ether oxygens (including phenoxy) is 1. The molecule has 1 N–H and O–H groups in total. The molecule has 0 saturated heterocycles. The summed E-state index contributed by atoms with van der Waals surface area (Å²) in [6.45, 7) is 7.50. The van der Waals surface area contributed by atoms with E-state index in [4.69, 9.17) is 4.74 Å². The third-order valence-electron chi connectivity index (χ3n) is 2.52. The van der Waals surface area contributed by atoms with Crippen LogP contribution >= 0.6 is 11.3 Å². The van der Waals surface area contributed by atoms with Gasteiger partial charge in [-0.15, -0.1) is 11.3 Å². The standard InChI is InChI=1S/C12H17NO2S/c1-12(2,3)11(14)15-10-6-8-7-13-5-4-9(8)16-10/h6,13H,4-5,7H2,1-3H3. The topological polar surface area (TPSA) is 38.3 Å². The zero-order valence-corrected chi connectivity index (χ0v) is 10.7. The minimum Gasteiger partial charge on any atom is -0.415 e. The Hall–Kier alpha value is -0.870. The molecule has 0 amide bonds. The molecule has 16 heavy (non-hydrogen) atoms. The number of thiophene rings is 1. The summed E-state index contributed by atoms with van der Waals surface area (Å²) in [4.78, 5) is 13.1. The summed E-state index contributed by atoms with van der Waals surface area (Å²) in [6.07, 6.45) is 1.03. The first-order valence-electron chi connectivity index (χ1n) is 5.51. The summed E-state index contributed by atoms with van der Waals surface area (Å²) in [5.41, 5.74) is 0.830. The van der Waals surface area contributed by atoms with E-state index in [1.165, 1.54) is 10.4 Å².